The first-order valence-corrected chi connectivity index (χ1v) is 8.55. The van der Waals surface area contributed by atoms with Gasteiger partial charge in [-0.1, -0.05) is 18.2 Å². The molecule has 3 N–H and O–H groups in total. The smallest absolute Gasteiger partial charge is 0.286 e. The molecule has 1 aromatic carbocycles. The van der Waals surface area contributed by atoms with E-state index in [4.69, 9.17) is 10.2 Å². The summed E-state index contributed by atoms with van der Waals surface area (Å²) in [5.41, 5.74) is 8.65. The number of hydrogen-bond donors (Lipinski definition) is 2. The van der Waals surface area contributed by atoms with Gasteiger partial charge in [0.15, 0.2) is 11.6 Å². The zero-order valence-electron chi connectivity index (χ0n) is 14.2. The average Bonchev–Trinajstić information content (AvgIpc) is 3.32. The third-order valence-corrected chi connectivity index (χ3v) is 4.34. The van der Waals surface area contributed by atoms with Crippen LogP contribution in [0.15, 0.2) is 53.4 Å². The Labute approximate surface area is 149 Å². The maximum absolute atomic E-state index is 11.8. The molecule has 0 saturated carbocycles. The fourth-order valence-corrected chi connectivity index (χ4v) is 3.08. The molecule has 7 nitrogen and oxygen atoms in total. The highest BCUT2D eigenvalue weighted by atomic mass is 16.3. The van der Waals surface area contributed by atoms with Crippen molar-refractivity contribution in [1.82, 2.24) is 19.9 Å². The van der Waals surface area contributed by atoms with E-state index in [1.165, 1.54) is 6.26 Å². The van der Waals surface area contributed by atoms with Gasteiger partial charge in [-0.3, -0.25) is 4.79 Å². The summed E-state index contributed by atoms with van der Waals surface area (Å²) in [6.07, 6.45) is 5.05. The number of benzene rings is 1. The molecule has 132 valence electrons. The molecule has 26 heavy (non-hydrogen) atoms. The van der Waals surface area contributed by atoms with Gasteiger partial charge in [0.2, 0.25) is 0 Å². The van der Waals surface area contributed by atoms with Crippen LogP contribution in [0.25, 0.3) is 21.9 Å². The molecule has 0 radical (unpaired) electrons. The number of furan rings is 1. The van der Waals surface area contributed by atoms with Gasteiger partial charge >= 0.3 is 0 Å². The van der Waals surface area contributed by atoms with Crippen molar-refractivity contribution in [3.8, 4) is 0 Å². The first kappa shape index (κ1) is 16.1. The number of nitrogen functional groups attached to an aromatic ring is 1. The molecule has 1 amide bonds. The fourth-order valence-electron chi connectivity index (χ4n) is 3.08. The van der Waals surface area contributed by atoms with E-state index in [-0.39, 0.29) is 5.91 Å². The number of para-hydroxylation sites is 1. The molecule has 0 fully saturated rings. The van der Waals surface area contributed by atoms with E-state index < -0.39 is 0 Å². The van der Waals surface area contributed by atoms with Gasteiger partial charge in [-0.05, 0) is 31.0 Å². The molecule has 0 spiro atoms. The van der Waals surface area contributed by atoms with Gasteiger partial charge in [-0.25, -0.2) is 9.97 Å². The number of imidazole rings is 1. The van der Waals surface area contributed by atoms with Crippen molar-refractivity contribution >= 4 is 33.7 Å². The van der Waals surface area contributed by atoms with E-state index in [1.807, 2.05) is 24.3 Å². The van der Waals surface area contributed by atoms with Crippen LogP contribution in [0.1, 0.15) is 23.4 Å². The van der Waals surface area contributed by atoms with E-state index in [0.29, 0.717) is 18.1 Å². The predicted molar refractivity (Wildman–Crippen MR) is 99.7 cm³/mol. The van der Waals surface area contributed by atoms with Crippen molar-refractivity contribution in [3.05, 3.63) is 54.7 Å². The largest absolute Gasteiger partial charge is 0.459 e. The number of carbonyl (C=O) groups is 1. The summed E-state index contributed by atoms with van der Waals surface area (Å²) in [6, 6.07) is 11.3. The standard InChI is InChI=1S/C19H19N5O2/c20-18-16-17(13-6-1-2-7-14(13)23-18)24(12-22-16)10-4-3-9-21-19(25)15-8-5-11-26-15/h1-2,5-8,11-12H,3-4,9-10H2,(H2,20,23)(H,21,25). The Bertz CT molecular complexity index is 1050. The number of aromatic nitrogens is 3. The lowest BCUT2D eigenvalue weighted by Crippen LogP contribution is -2.24. The van der Waals surface area contributed by atoms with Crippen LogP contribution >= 0.6 is 0 Å². The average molecular weight is 349 g/mol. The molecule has 0 unspecified atom stereocenters. The summed E-state index contributed by atoms with van der Waals surface area (Å²) in [7, 11) is 0. The van der Waals surface area contributed by atoms with E-state index in [1.54, 1.807) is 18.5 Å². The first-order valence-electron chi connectivity index (χ1n) is 8.55. The van der Waals surface area contributed by atoms with Crippen LogP contribution in [0, 0.1) is 0 Å². The second-order valence-electron chi connectivity index (χ2n) is 6.09. The van der Waals surface area contributed by atoms with Gasteiger partial charge in [0.05, 0.1) is 23.6 Å². The number of amides is 1. The summed E-state index contributed by atoms with van der Waals surface area (Å²) in [5, 5.41) is 3.90. The van der Waals surface area contributed by atoms with E-state index in [9.17, 15) is 4.79 Å². The van der Waals surface area contributed by atoms with Gasteiger partial charge in [-0.2, -0.15) is 0 Å². The lowest BCUT2D eigenvalue weighted by molar-refractivity contribution is 0.0925. The maximum atomic E-state index is 11.8. The molecule has 0 aliphatic rings. The second kappa shape index (κ2) is 6.87. The normalized spacial score (nSPS) is 11.2. The quantitative estimate of drug-likeness (QED) is 0.521. The molecule has 7 heteroatoms. The first-order chi connectivity index (χ1) is 12.7. The van der Waals surface area contributed by atoms with E-state index >= 15 is 0 Å². The van der Waals surface area contributed by atoms with Crippen LogP contribution in [0.4, 0.5) is 5.82 Å². The molecule has 3 aromatic heterocycles. The monoisotopic (exact) mass is 349 g/mol. The minimum Gasteiger partial charge on any atom is -0.459 e. The number of carbonyl (C=O) groups excluding carboxylic acids is 1. The molecule has 3 heterocycles. The van der Waals surface area contributed by atoms with Crippen molar-refractivity contribution in [2.45, 2.75) is 19.4 Å². The van der Waals surface area contributed by atoms with Gasteiger partial charge < -0.3 is 20.0 Å². The lowest BCUT2D eigenvalue weighted by Gasteiger charge is -2.08. The predicted octanol–water partition coefficient (Wildman–Crippen LogP) is 2.97. The molecule has 4 rings (SSSR count). The van der Waals surface area contributed by atoms with Crippen molar-refractivity contribution in [3.63, 3.8) is 0 Å². The molecule has 0 aliphatic heterocycles. The van der Waals surface area contributed by atoms with Crippen LogP contribution in [0.3, 0.4) is 0 Å². The Morgan fingerprint density at radius 3 is 2.92 bits per heavy atom. The molecular formula is C19H19N5O2. The fraction of sp³-hybridized carbons (Fsp3) is 0.211. The third kappa shape index (κ3) is 2.99. The number of rotatable bonds is 6. The Kier molecular flexibility index (Phi) is 4.27. The van der Waals surface area contributed by atoms with Crippen LogP contribution < -0.4 is 11.1 Å². The van der Waals surface area contributed by atoms with Crippen LogP contribution in [0.5, 0.6) is 0 Å². The summed E-state index contributed by atoms with van der Waals surface area (Å²) in [6.45, 7) is 1.39. The minimum absolute atomic E-state index is 0.187. The summed E-state index contributed by atoms with van der Waals surface area (Å²) >= 11 is 0. The number of unbranched alkanes of at least 4 members (excludes halogenated alkanes) is 1. The molecule has 0 atom stereocenters. The van der Waals surface area contributed by atoms with Crippen molar-refractivity contribution in [2.75, 3.05) is 12.3 Å². The zero-order valence-corrected chi connectivity index (χ0v) is 14.2. The van der Waals surface area contributed by atoms with Gasteiger partial charge in [0.25, 0.3) is 5.91 Å². The number of hydrogen-bond acceptors (Lipinski definition) is 5. The van der Waals surface area contributed by atoms with Crippen LogP contribution in [0.2, 0.25) is 0 Å². The van der Waals surface area contributed by atoms with Crippen LogP contribution in [-0.2, 0) is 6.54 Å². The number of anilines is 1. The lowest BCUT2D eigenvalue weighted by atomic mass is 10.2. The van der Waals surface area contributed by atoms with Crippen molar-refractivity contribution < 1.29 is 9.21 Å². The van der Waals surface area contributed by atoms with E-state index in [2.05, 4.69) is 19.9 Å². The highest BCUT2D eigenvalue weighted by Gasteiger charge is 2.12. The highest BCUT2D eigenvalue weighted by Crippen LogP contribution is 2.27. The third-order valence-electron chi connectivity index (χ3n) is 4.34. The zero-order chi connectivity index (χ0) is 17.9. The summed E-state index contributed by atoms with van der Waals surface area (Å²) in [5.74, 6) is 0.594. The van der Waals surface area contributed by atoms with Crippen molar-refractivity contribution in [1.29, 1.82) is 0 Å². The number of fused-ring (bicyclic) bond motifs is 3. The van der Waals surface area contributed by atoms with Gasteiger partial charge in [0.1, 0.15) is 5.52 Å². The number of nitrogens with one attached hydrogen (secondary N) is 1. The Hall–Kier alpha value is -3.35. The Balaban J connectivity index is 1.42. The van der Waals surface area contributed by atoms with E-state index in [0.717, 1.165) is 41.3 Å². The maximum Gasteiger partial charge on any atom is 0.286 e. The van der Waals surface area contributed by atoms with Gasteiger partial charge in [-0.15, -0.1) is 0 Å². The minimum atomic E-state index is -0.187. The SMILES string of the molecule is Nc1nc2ccccc2c2c1ncn2CCCCNC(=O)c1ccco1. The molecule has 0 aliphatic carbocycles. The summed E-state index contributed by atoms with van der Waals surface area (Å²) in [4.78, 5) is 20.7. The highest BCUT2D eigenvalue weighted by molar-refractivity contribution is 6.06. The van der Waals surface area contributed by atoms with Gasteiger partial charge in [0, 0.05) is 18.5 Å². The molecule has 0 saturated heterocycles. The summed E-state index contributed by atoms with van der Waals surface area (Å²) < 4.78 is 7.17. The Morgan fingerprint density at radius 1 is 1.19 bits per heavy atom. The topological polar surface area (TPSA) is 99.0 Å². The Morgan fingerprint density at radius 2 is 2.08 bits per heavy atom. The molecule has 4 aromatic rings. The number of nitrogens with zero attached hydrogens (tertiary/aromatic N) is 3. The number of aryl methyl sites for hydroxylation is 1. The van der Waals surface area contributed by atoms with Crippen LogP contribution in [-0.4, -0.2) is 27.0 Å². The van der Waals surface area contributed by atoms with Crippen molar-refractivity contribution in [2.24, 2.45) is 0 Å². The number of nitrogens with two attached hydrogens (primary N) is 1. The second-order valence-corrected chi connectivity index (χ2v) is 6.09. The molecular weight excluding hydrogens is 330 g/mol. The number of pyridine rings is 1. The molecule has 0 bridgehead atoms.